The van der Waals surface area contributed by atoms with Gasteiger partial charge >= 0.3 is 11.9 Å². The molecule has 42 heavy (non-hydrogen) atoms. The zero-order valence-corrected chi connectivity index (χ0v) is 27.3. The quantitative estimate of drug-likeness (QED) is 0.0518. The van der Waals surface area contributed by atoms with E-state index in [9.17, 15) is 9.59 Å². The summed E-state index contributed by atoms with van der Waals surface area (Å²) >= 11 is 0. The third kappa shape index (κ3) is 32.2. The average molecular weight is 585 g/mol. The molecule has 0 fully saturated rings. The van der Waals surface area contributed by atoms with Crippen LogP contribution in [-0.4, -0.2) is 23.1 Å². The first-order valence-corrected chi connectivity index (χ1v) is 17.3. The van der Waals surface area contributed by atoms with Gasteiger partial charge in [0.1, 0.15) is 6.10 Å². The van der Waals surface area contributed by atoms with Gasteiger partial charge in [0, 0.05) is 12.8 Å². The minimum absolute atomic E-state index is 0.0547. The maximum absolute atomic E-state index is 12.4. The number of allylic oxidation sites excluding steroid dienone is 10. The average Bonchev–Trinajstić information content (AvgIpc) is 2.97. The van der Waals surface area contributed by atoms with Gasteiger partial charge in [0.05, 0.1) is 0 Å². The maximum atomic E-state index is 12.4. The second-order valence-electron chi connectivity index (χ2n) is 11.3. The van der Waals surface area contributed by atoms with Crippen molar-refractivity contribution in [1.29, 1.82) is 0 Å². The SMILES string of the molecule is CC/C=C\C/C=C\C/C=C\C/C=C\C/C=C\CCCCCCCC(=O)OC(CCCCCCCC)CCCCC(=O)O. The number of carboxylic acid groups (broad SMARTS) is 1. The van der Waals surface area contributed by atoms with Crippen molar-refractivity contribution >= 4 is 11.9 Å². The van der Waals surface area contributed by atoms with Gasteiger partial charge in [0.25, 0.3) is 0 Å². The highest BCUT2D eigenvalue weighted by Crippen LogP contribution is 2.17. The molecule has 0 heterocycles. The molecule has 0 radical (unpaired) electrons. The molecule has 4 nitrogen and oxygen atoms in total. The topological polar surface area (TPSA) is 63.6 Å². The van der Waals surface area contributed by atoms with Crippen molar-refractivity contribution in [3.8, 4) is 0 Å². The van der Waals surface area contributed by atoms with Crippen LogP contribution in [0.1, 0.15) is 162 Å². The van der Waals surface area contributed by atoms with Gasteiger partial charge in [-0.3, -0.25) is 9.59 Å². The Morgan fingerprint density at radius 3 is 1.57 bits per heavy atom. The summed E-state index contributed by atoms with van der Waals surface area (Å²) in [5, 5.41) is 8.87. The normalized spacial score (nSPS) is 13.0. The van der Waals surface area contributed by atoms with E-state index in [1.54, 1.807) is 0 Å². The number of aliphatic carboxylic acids is 1. The van der Waals surface area contributed by atoms with Crippen LogP contribution in [0, 0.1) is 0 Å². The van der Waals surface area contributed by atoms with Crippen LogP contribution in [0.4, 0.5) is 0 Å². The molecule has 1 N–H and O–H groups in total. The molecule has 0 amide bonds. The minimum Gasteiger partial charge on any atom is -0.481 e. The summed E-state index contributed by atoms with van der Waals surface area (Å²) in [7, 11) is 0. The number of rotatable bonds is 30. The number of hydrogen-bond acceptors (Lipinski definition) is 3. The van der Waals surface area contributed by atoms with Crippen LogP contribution in [-0.2, 0) is 14.3 Å². The zero-order chi connectivity index (χ0) is 30.8. The van der Waals surface area contributed by atoms with Crippen molar-refractivity contribution < 1.29 is 19.4 Å². The van der Waals surface area contributed by atoms with E-state index in [2.05, 4.69) is 74.6 Å². The van der Waals surface area contributed by atoms with E-state index in [0.29, 0.717) is 12.8 Å². The third-order valence-corrected chi connectivity index (χ3v) is 7.25. The van der Waals surface area contributed by atoms with Crippen LogP contribution >= 0.6 is 0 Å². The van der Waals surface area contributed by atoms with Crippen molar-refractivity contribution in [3.05, 3.63) is 60.8 Å². The Balaban J connectivity index is 3.85. The highest BCUT2D eigenvalue weighted by Gasteiger charge is 2.14. The minimum atomic E-state index is -0.752. The molecule has 0 aromatic rings. The van der Waals surface area contributed by atoms with E-state index in [4.69, 9.17) is 9.84 Å². The highest BCUT2D eigenvalue weighted by atomic mass is 16.5. The number of carbonyl (C=O) groups is 2. The van der Waals surface area contributed by atoms with Crippen molar-refractivity contribution in [1.82, 2.24) is 0 Å². The Bertz CT molecular complexity index is 759. The summed E-state index contributed by atoms with van der Waals surface area (Å²) in [6, 6.07) is 0. The van der Waals surface area contributed by atoms with E-state index in [-0.39, 0.29) is 18.5 Å². The second-order valence-corrected chi connectivity index (χ2v) is 11.3. The number of carbonyl (C=O) groups excluding carboxylic acids is 1. The van der Waals surface area contributed by atoms with Crippen LogP contribution in [0.2, 0.25) is 0 Å². The zero-order valence-electron chi connectivity index (χ0n) is 27.3. The molecule has 0 bridgehead atoms. The molecule has 0 aliphatic rings. The van der Waals surface area contributed by atoms with Crippen molar-refractivity contribution in [2.24, 2.45) is 0 Å². The van der Waals surface area contributed by atoms with E-state index in [1.807, 2.05) is 0 Å². The number of unbranched alkanes of at least 4 members (excludes halogenated alkanes) is 11. The summed E-state index contributed by atoms with van der Waals surface area (Å²) < 4.78 is 5.82. The fourth-order valence-electron chi connectivity index (χ4n) is 4.74. The standard InChI is InChI=1S/C38H64O4/c1-3-5-7-9-11-12-13-14-15-16-17-18-19-20-21-22-23-24-25-27-29-35-38(41)42-36(33-30-31-34-37(39)40)32-28-26-10-8-6-4-2/h5,7,11-12,14-15,17-18,20-21,36H,3-4,6,8-10,13,16,19,22-35H2,1-2H3,(H,39,40)/b7-5-,12-11-,15-14-,18-17-,21-20-. The lowest BCUT2D eigenvalue weighted by molar-refractivity contribution is -0.150. The molecule has 0 rings (SSSR count). The van der Waals surface area contributed by atoms with Gasteiger partial charge in [0.15, 0.2) is 0 Å². The van der Waals surface area contributed by atoms with Crippen LogP contribution in [0.15, 0.2) is 60.8 Å². The fourth-order valence-corrected chi connectivity index (χ4v) is 4.74. The molecule has 0 saturated heterocycles. The summed E-state index contributed by atoms with van der Waals surface area (Å²) in [5.74, 6) is -0.833. The molecule has 0 aromatic carbocycles. The Hall–Kier alpha value is -2.36. The van der Waals surface area contributed by atoms with Crippen molar-refractivity contribution in [2.75, 3.05) is 0 Å². The lowest BCUT2D eigenvalue weighted by atomic mass is 10.0. The van der Waals surface area contributed by atoms with Gasteiger partial charge in [0.2, 0.25) is 0 Å². The summed E-state index contributed by atoms with van der Waals surface area (Å²) in [5.41, 5.74) is 0. The Morgan fingerprint density at radius 1 is 0.548 bits per heavy atom. The van der Waals surface area contributed by atoms with E-state index < -0.39 is 5.97 Å². The molecule has 0 spiro atoms. The number of ether oxygens (including phenoxy) is 1. The summed E-state index contributed by atoms with van der Waals surface area (Å²) in [6.07, 6.45) is 45.2. The van der Waals surface area contributed by atoms with Gasteiger partial charge < -0.3 is 9.84 Å². The van der Waals surface area contributed by atoms with Crippen LogP contribution in [0.25, 0.3) is 0 Å². The van der Waals surface area contributed by atoms with Crippen molar-refractivity contribution in [2.45, 2.75) is 168 Å². The molecular formula is C38H64O4. The Kier molecular flexibility index (Phi) is 31.3. The molecule has 1 atom stereocenters. The number of esters is 1. The first-order chi connectivity index (χ1) is 20.6. The summed E-state index contributed by atoms with van der Waals surface area (Å²) in [6.45, 7) is 4.38. The van der Waals surface area contributed by atoms with Gasteiger partial charge in [-0.15, -0.1) is 0 Å². The molecule has 0 saturated carbocycles. The van der Waals surface area contributed by atoms with Crippen molar-refractivity contribution in [3.63, 3.8) is 0 Å². The monoisotopic (exact) mass is 584 g/mol. The highest BCUT2D eigenvalue weighted by molar-refractivity contribution is 5.69. The predicted octanol–water partition coefficient (Wildman–Crippen LogP) is 11.8. The summed E-state index contributed by atoms with van der Waals surface area (Å²) in [4.78, 5) is 23.2. The van der Waals surface area contributed by atoms with Gasteiger partial charge in [-0.25, -0.2) is 0 Å². The van der Waals surface area contributed by atoms with E-state index in [1.165, 1.54) is 44.9 Å². The Morgan fingerprint density at radius 2 is 1.00 bits per heavy atom. The Labute approximate surface area is 259 Å². The molecule has 0 aromatic heterocycles. The molecule has 0 aliphatic carbocycles. The third-order valence-electron chi connectivity index (χ3n) is 7.25. The number of hydrogen-bond donors (Lipinski definition) is 1. The van der Waals surface area contributed by atoms with Gasteiger partial charge in [-0.2, -0.15) is 0 Å². The predicted molar refractivity (Wildman–Crippen MR) is 181 cm³/mol. The maximum Gasteiger partial charge on any atom is 0.306 e. The van der Waals surface area contributed by atoms with Crippen LogP contribution < -0.4 is 0 Å². The van der Waals surface area contributed by atoms with E-state index in [0.717, 1.165) is 83.5 Å². The van der Waals surface area contributed by atoms with Gasteiger partial charge in [-0.05, 0) is 83.5 Å². The lowest BCUT2D eigenvalue weighted by Gasteiger charge is -2.18. The van der Waals surface area contributed by atoms with Gasteiger partial charge in [-0.1, -0.05) is 126 Å². The number of carboxylic acids is 1. The van der Waals surface area contributed by atoms with Crippen LogP contribution in [0.3, 0.4) is 0 Å². The first kappa shape index (κ1) is 39.6. The first-order valence-electron chi connectivity index (χ1n) is 17.3. The van der Waals surface area contributed by atoms with E-state index >= 15 is 0 Å². The molecule has 1 unspecified atom stereocenters. The molecule has 4 heteroatoms. The fraction of sp³-hybridized carbons (Fsp3) is 0.684. The smallest absolute Gasteiger partial charge is 0.306 e. The largest absolute Gasteiger partial charge is 0.481 e. The molecular weight excluding hydrogens is 520 g/mol. The van der Waals surface area contributed by atoms with Crippen LogP contribution in [0.5, 0.6) is 0 Å². The second kappa shape index (κ2) is 33.1. The molecule has 0 aliphatic heterocycles. The lowest BCUT2D eigenvalue weighted by Crippen LogP contribution is -2.18. The molecule has 240 valence electrons.